The molecule has 0 bridgehead atoms. The zero-order chi connectivity index (χ0) is 28.7. The topological polar surface area (TPSA) is 71.2 Å². The summed E-state index contributed by atoms with van der Waals surface area (Å²) in [5.41, 5.74) is 1.11. The first-order valence-corrected chi connectivity index (χ1v) is 11.4. The van der Waals surface area contributed by atoms with Crippen molar-refractivity contribution in [3.63, 3.8) is 0 Å². The van der Waals surface area contributed by atoms with Crippen molar-refractivity contribution < 1.29 is 40.3 Å². The van der Waals surface area contributed by atoms with E-state index < -0.39 is 46.7 Å². The van der Waals surface area contributed by atoms with E-state index in [1.165, 1.54) is 12.1 Å². The van der Waals surface area contributed by atoms with Crippen LogP contribution in [0.25, 0.3) is 5.57 Å². The molecule has 0 fully saturated rings. The van der Waals surface area contributed by atoms with Crippen LogP contribution >= 0.6 is 0 Å². The van der Waals surface area contributed by atoms with Crippen molar-refractivity contribution in [1.29, 1.82) is 0 Å². The predicted octanol–water partition coefficient (Wildman–Crippen LogP) is 6.21. The van der Waals surface area contributed by atoms with Crippen LogP contribution < -0.4 is 15.4 Å². The van der Waals surface area contributed by atoms with Crippen LogP contribution in [0, 0.1) is 5.82 Å². The molecule has 2 rings (SSSR count). The number of hydrogen-bond donors (Lipinski definition) is 1. The molecular weight excluding hydrogens is 521 g/mol. The fourth-order valence-electron chi connectivity index (χ4n) is 3.36. The van der Waals surface area contributed by atoms with Gasteiger partial charge in [-0.05, 0) is 49.5 Å². The Hall–Kier alpha value is -3.61. The monoisotopic (exact) mass is 548 g/mol. The summed E-state index contributed by atoms with van der Waals surface area (Å²) >= 11 is 0. The minimum Gasteiger partial charge on any atom is -0.409 e. The number of allylic oxidation sites excluding steroid dienone is 1. The van der Waals surface area contributed by atoms with E-state index in [4.69, 9.17) is 10.5 Å². The van der Waals surface area contributed by atoms with Crippen LogP contribution in [0.15, 0.2) is 47.6 Å². The molecule has 0 aliphatic heterocycles. The summed E-state index contributed by atoms with van der Waals surface area (Å²) in [6, 6.07) is 4.62. The SMILES string of the molecule is CCN(CC)CCN=C/C(=C\N)c1cc(C(F)(F)F)cc(C(F)(F)F)c1OC(=O)N(C)c1ccc(F)cc1. The minimum absolute atomic E-state index is 0.0611. The van der Waals surface area contributed by atoms with Crippen molar-refractivity contribution in [3.8, 4) is 5.75 Å². The molecule has 0 aromatic heterocycles. The molecule has 0 unspecified atom stereocenters. The standard InChI is InChI=1S/C25H27F7N4O2/c1-4-36(5-2)11-10-34-15-16(14-33)20-12-17(24(27,28)29)13-21(25(30,31)32)22(20)38-23(37)35(3)19-8-6-18(26)7-9-19/h6-9,12-15H,4-5,10-11,33H2,1-3H3/b16-14+,34-15?. The van der Waals surface area contributed by atoms with Crippen molar-refractivity contribution in [2.45, 2.75) is 26.2 Å². The Balaban J connectivity index is 2.60. The third kappa shape index (κ3) is 7.94. The van der Waals surface area contributed by atoms with Gasteiger partial charge in [-0.2, -0.15) is 26.3 Å². The van der Waals surface area contributed by atoms with Crippen LogP contribution in [0.1, 0.15) is 30.5 Å². The van der Waals surface area contributed by atoms with Crippen molar-refractivity contribution >= 4 is 23.6 Å². The highest BCUT2D eigenvalue weighted by atomic mass is 19.4. The van der Waals surface area contributed by atoms with Gasteiger partial charge in [-0.15, -0.1) is 0 Å². The Morgan fingerprint density at radius 1 is 1.03 bits per heavy atom. The first-order chi connectivity index (χ1) is 17.7. The summed E-state index contributed by atoms with van der Waals surface area (Å²) in [5.74, 6) is -1.81. The molecule has 1 amide bonds. The van der Waals surface area contributed by atoms with Gasteiger partial charge in [0.2, 0.25) is 0 Å². The Morgan fingerprint density at radius 3 is 2.13 bits per heavy atom. The number of hydrogen-bond acceptors (Lipinski definition) is 5. The van der Waals surface area contributed by atoms with E-state index in [9.17, 15) is 35.5 Å². The maximum Gasteiger partial charge on any atom is 0.420 e. The molecule has 2 aromatic carbocycles. The molecule has 2 aromatic rings. The summed E-state index contributed by atoms with van der Waals surface area (Å²) in [6.45, 7) is 5.95. The fourth-order valence-corrected chi connectivity index (χ4v) is 3.36. The zero-order valence-electron chi connectivity index (χ0n) is 20.8. The first-order valence-electron chi connectivity index (χ1n) is 11.4. The number of aliphatic imine (C=N–C) groups is 1. The number of rotatable bonds is 9. The van der Waals surface area contributed by atoms with Gasteiger partial charge in [0.1, 0.15) is 5.82 Å². The molecule has 0 heterocycles. The Bertz CT molecular complexity index is 1160. The Kier molecular flexibility index (Phi) is 10.3. The molecule has 0 spiro atoms. The van der Waals surface area contributed by atoms with Gasteiger partial charge in [0.05, 0.1) is 17.7 Å². The van der Waals surface area contributed by atoms with E-state index in [2.05, 4.69) is 4.99 Å². The van der Waals surface area contributed by atoms with Gasteiger partial charge in [0.15, 0.2) is 5.75 Å². The second-order valence-electron chi connectivity index (χ2n) is 7.98. The van der Waals surface area contributed by atoms with E-state index >= 15 is 0 Å². The number of likely N-dealkylation sites (N-methyl/N-ethyl adjacent to an activating group) is 1. The summed E-state index contributed by atoms with van der Waals surface area (Å²) in [7, 11) is 1.14. The molecule has 208 valence electrons. The van der Waals surface area contributed by atoms with E-state index in [0.717, 1.165) is 49.6 Å². The van der Waals surface area contributed by atoms with Crippen LogP contribution in [0.3, 0.4) is 0 Å². The highest BCUT2D eigenvalue weighted by Gasteiger charge is 2.41. The minimum atomic E-state index is -5.33. The van der Waals surface area contributed by atoms with Gasteiger partial charge in [-0.1, -0.05) is 13.8 Å². The van der Waals surface area contributed by atoms with E-state index in [1.54, 1.807) is 0 Å². The van der Waals surface area contributed by atoms with Crippen molar-refractivity contribution in [2.75, 3.05) is 38.1 Å². The van der Waals surface area contributed by atoms with Crippen LogP contribution in [0.5, 0.6) is 5.75 Å². The molecule has 0 saturated heterocycles. The van der Waals surface area contributed by atoms with Crippen molar-refractivity contribution in [2.24, 2.45) is 10.7 Å². The lowest BCUT2D eigenvalue weighted by atomic mass is 9.98. The molecule has 13 heteroatoms. The molecule has 38 heavy (non-hydrogen) atoms. The molecule has 0 aliphatic carbocycles. The maximum atomic E-state index is 14.0. The number of alkyl halides is 6. The predicted molar refractivity (Wildman–Crippen MR) is 131 cm³/mol. The highest BCUT2D eigenvalue weighted by Crippen LogP contribution is 2.44. The quantitative estimate of drug-likeness (QED) is 0.299. The largest absolute Gasteiger partial charge is 0.420 e. The average molecular weight is 549 g/mol. The average Bonchev–Trinajstić information content (AvgIpc) is 2.85. The molecule has 2 N–H and O–H groups in total. The number of ether oxygens (including phenoxy) is 1. The van der Waals surface area contributed by atoms with Crippen LogP contribution in [-0.4, -0.2) is 50.4 Å². The van der Waals surface area contributed by atoms with Crippen LogP contribution in [0.2, 0.25) is 0 Å². The van der Waals surface area contributed by atoms with E-state index in [1.807, 2.05) is 18.7 Å². The number of anilines is 1. The number of carbonyl (C=O) groups excluding carboxylic acids is 1. The first kappa shape index (κ1) is 30.6. The van der Waals surface area contributed by atoms with Gasteiger partial charge in [-0.25, -0.2) is 9.18 Å². The van der Waals surface area contributed by atoms with Gasteiger partial charge in [0, 0.05) is 42.8 Å². The van der Waals surface area contributed by atoms with Gasteiger partial charge >= 0.3 is 18.4 Å². The summed E-state index contributed by atoms with van der Waals surface area (Å²) in [6.07, 6.45) is -10.0. The maximum absolute atomic E-state index is 14.0. The number of amides is 1. The van der Waals surface area contributed by atoms with Gasteiger partial charge in [0.25, 0.3) is 0 Å². The number of carbonyl (C=O) groups is 1. The third-order valence-corrected chi connectivity index (χ3v) is 5.56. The lowest BCUT2D eigenvalue weighted by Crippen LogP contribution is -2.30. The van der Waals surface area contributed by atoms with Crippen LogP contribution in [-0.2, 0) is 12.4 Å². The molecule has 0 aliphatic rings. The summed E-state index contributed by atoms with van der Waals surface area (Å²) in [4.78, 5) is 19.6. The normalized spacial score (nSPS) is 12.9. The van der Waals surface area contributed by atoms with Crippen LogP contribution in [0.4, 0.5) is 41.2 Å². The van der Waals surface area contributed by atoms with E-state index in [0.29, 0.717) is 12.6 Å². The molecule has 6 nitrogen and oxygen atoms in total. The van der Waals surface area contributed by atoms with Gasteiger partial charge in [-0.3, -0.25) is 9.89 Å². The number of nitrogens with two attached hydrogens (primary N) is 1. The molecule has 0 atom stereocenters. The summed E-state index contributed by atoms with van der Waals surface area (Å²) in [5, 5.41) is 0. The van der Waals surface area contributed by atoms with Gasteiger partial charge < -0.3 is 15.4 Å². The second kappa shape index (κ2) is 12.8. The fraction of sp³-hybridized carbons (Fsp3) is 0.360. The highest BCUT2D eigenvalue weighted by molar-refractivity contribution is 6.11. The van der Waals surface area contributed by atoms with E-state index in [-0.39, 0.29) is 23.9 Å². The Morgan fingerprint density at radius 2 is 1.63 bits per heavy atom. The Labute approximate surface area is 215 Å². The lowest BCUT2D eigenvalue weighted by Gasteiger charge is -2.22. The summed E-state index contributed by atoms with van der Waals surface area (Å²) < 4.78 is 101. The second-order valence-corrected chi connectivity index (χ2v) is 7.98. The molecular formula is C25H27F7N4O2. The number of benzene rings is 2. The third-order valence-electron chi connectivity index (χ3n) is 5.56. The van der Waals surface area contributed by atoms with Crippen molar-refractivity contribution in [1.82, 2.24) is 4.90 Å². The molecule has 0 saturated carbocycles. The van der Waals surface area contributed by atoms with Crippen molar-refractivity contribution in [3.05, 3.63) is 65.1 Å². The zero-order valence-corrected chi connectivity index (χ0v) is 20.8. The lowest BCUT2D eigenvalue weighted by molar-refractivity contribution is -0.143. The molecule has 0 radical (unpaired) electrons. The smallest absolute Gasteiger partial charge is 0.409 e. The number of nitrogens with zero attached hydrogens (tertiary/aromatic N) is 3. The number of halogens is 7.